The molecule has 0 saturated heterocycles. The van der Waals surface area contributed by atoms with E-state index in [9.17, 15) is 0 Å². The summed E-state index contributed by atoms with van der Waals surface area (Å²) in [6, 6.07) is 11.3. The molecule has 1 unspecified atom stereocenters. The van der Waals surface area contributed by atoms with E-state index in [4.69, 9.17) is 5.26 Å². The molecule has 0 N–H and O–H groups in total. The minimum absolute atomic E-state index is 0.0452. The normalized spacial score (nSPS) is 12.1. The van der Waals surface area contributed by atoms with E-state index in [1.807, 2.05) is 19.1 Å². The fourth-order valence-electron chi connectivity index (χ4n) is 1.27. The Labute approximate surface area is 82.8 Å². The van der Waals surface area contributed by atoms with Gasteiger partial charge in [0.05, 0.1) is 12.0 Å². The van der Waals surface area contributed by atoms with E-state index in [-0.39, 0.29) is 5.92 Å². The molecule has 2 heteroatoms. The summed E-state index contributed by atoms with van der Waals surface area (Å²) in [6.45, 7) is 2.03. The van der Waals surface area contributed by atoms with Crippen LogP contribution in [0.2, 0.25) is 0 Å². The van der Waals surface area contributed by atoms with Crippen LogP contribution in [0.1, 0.15) is 30.4 Å². The SMILES string of the molecule is CCC(C#N)c1ccc(C[Si])cc1. The summed E-state index contributed by atoms with van der Waals surface area (Å²) in [5.41, 5.74) is 2.36. The molecule has 0 bridgehead atoms. The van der Waals surface area contributed by atoms with Crippen molar-refractivity contribution in [2.24, 2.45) is 0 Å². The second-order valence-corrected chi connectivity index (χ2v) is 3.36. The summed E-state index contributed by atoms with van der Waals surface area (Å²) in [5, 5.41) is 8.85. The zero-order valence-electron chi connectivity index (χ0n) is 7.75. The average Bonchev–Trinajstić information content (AvgIpc) is 2.21. The zero-order chi connectivity index (χ0) is 9.68. The lowest BCUT2D eigenvalue weighted by Gasteiger charge is -2.06. The van der Waals surface area contributed by atoms with E-state index in [1.165, 1.54) is 5.56 Å². The van der Waals surface area contributed by atoms with Gasteiger partial charge in [-0.25, -0.2) is 0 Å². The summed E-state index contributed by atoms with van der Waals surface area (Å²) in [4.78, 5) is 0. The summed E-state index contributed by atoms with van der Waals surface area (Å²) < 4.78 is 0. The molecule has 0 aromatic heterocycles. The molecule has 65 valence electrons. The van der Waals surface area contributed by atoms with E-state index in [1.54, 1.807) is 0 Å². The first-order valence-corrected chi connectivity index (χ1v) is 5.15. The molecule has 1 atom stereocenters. The highest BCUT2D eigenvalue weighted by atomic mass is 28.1. The van der Waals surface area contributed by atoms with Crippen molar-refractivity contribution in [2.75, 3.05) is 0 Å². The van der Waals surface area contributed by atoms with Crippen molar-refractivity contribution in [3.05, 3.63) is 35.4 Å². The van der Waals surface area contributed by atoms with E-state index in [2.05, 4.69) is 28.4 Å². The Morgan fingerprint density at radius 2 is 2.00 bits per heavy atom. The van der Waals surface area contributed by atoms with Crippen molar-refractivity contribution in [3.8, 4) is 6.07 Å². The monoisotopic (exact) mass is 186 g/mol. The molecule has 0 aliphatic carbocycles. The van der Waals surface area contributed by atoms with Crippen molar-refractivity contribution in [1.82, 2.24) is 0 Å². The highest BCUT2D eigenvalue weighted by Gasteiger charge is 2.06. The van der Waals surface area contributed by atoms with Crippen molar-refractivity contribution in [2.45, 2.75) is 25.3 Å². The third-order valence-corrected chi connectivity index (χ3v) is 2.56. The van der Waals surface area contributed by atoms with Crippen LogP contribution in [0.3, 0.4) is 0 Å². The van der Waals surface area contributed by atoms with Crippen molar-refractivity contribution in [3.63, 3.8) is 0 Å². The lowest BCUT2D eigenvalue weighted by molar-refractivity contribution is 0.818. The molecule has 0 spiro atoms. The van der Waals surface area contributed by atoms with Crippen LogP contribution in [0, 0.1) is 11.3 Å². The summed E-state index contributed by atoms with van der Waals surface area (Å²) in [6.07, 6.45) is 0.879. The molecular formula is C11H12NSi. The number of benzene rings is 1. The van der Waals surface area contributed by atoms with Crippen LogP contribution >= 0.6 is 0 Å². The molecule has 1 rings (SSSR count). The van der Waals surface area contributed by atoms with E-state index in [0.29, 0.717) is 0 Å². The molecule has 1 aromatic rings. The lowest BCUT2D eigenvalue weighted by atomic mass is 9.97. The van der Waals surface area contributed by atoms with E-state index < -0.39 is 0 Å². The molecule has 0 fully saturated rings. The number of hydrogen-bond acceptors (Lipinski definition) is 1. The predicted octanol–water partition coefficient (Wildman–Crippen LogP) is 2.37. The van der Waals surface area contributed by atoms with E-state index >= 15 is 0 Å². The Balaban J connectivity index is 2.86. The minimum atomic E-state index is 0.0452. The van der Waals surface area contributed by atoms with Gasteiger partial charge in [0.15, 0.2) is 0 Å². The maximum atomic E-state index is 8.85. The third kappa shape index (κ3) is 2.43. The van der Waals surface area contributed by atoms with Gasteiger partial charge in [0.2, 0.25) is 0 Å². The van der Waals surface area contributed by atoms with Gasteiger partial charge < -0.3 is 0 Å². The molecule has 1 aromatic carbocycles. The van der Waals surface area contributed by atoms with Gasteiger partial charge in [-0.3, -0.25) is 0 Å². The first kappa shape index (κ1) is 10.0. The maximum absolute atomic E-state index is 8.85. The molecule has 0 aliphatic heterocycles. The number of hydrogen-bond donors (Lipinski definition) is 0. The molecule has 0 amide bonds. The number of nitriles is 1. The minimum Gasteiger partial charge on any atom is -0.198 e. The second-order valence-electron chi connectivity index (χ2n) is 3.01. The molecule has 0 heterocycles. The van der Waals surface area contributed by atoms with Crippen LogP contribution in [0.5, 0.6) is 0 Å². The molecule has 13 heavy (non-hydrogen) atoms. The third-order valence-electron chi connectivity index (χ3n) is 2.15. The summed E-state index contributed by atoms with van der Waals surface area (Å²) in [5.74, 6) is 0.0452. The second kappa shape index (κ2) is 4.83. The van der Waals surface area contributed by atoms with Gasteiger partial charge in [-0.1, -0.05) is 36.8 Å². The van der Waals surface area contributed by atoms with Crippen LogP contribution in [0.25, 0.3) is 0 Å². The quantitative estimate of drug-likeness (QED) is 0.665. The average molecular weight is 186 g/mol. The Hall–Kier alpha value is -1.07. The van der Waals surface area contributed by atoms with Gasteiger partial charge >= 0.3 is 0 Å². The van der Waals surface area contributed by atoms with Crippen LogP contribution in [-0.2, 0) is 6.04 Å². The Morgan fingerprint density at radius 3 is 2.38 bits per heavy atom. The highest BCUT2D eigenvalue weighted by Crippen LogP contribution is 2.18. The summed E-state index contributed by atoms with van der Waals surface area (Å²) in [7, 11) is 3.43. The van der Waals surface area contributed by atoms with Gasteiger partial charge in [0.1, 0.15) is 0 Å². The van der Waals surface area contributed by atoms with E-state index in [0.717, 1.165) is 18.0 Å². The molecule has 0 aliphatic rings. The Kier molecular flexibility index (Phi) is 3.72. The zero-order valence-corrected chi connectivity index (χ0v) is 8.75. The molecule has 0 saturated carbocycles. The predicted molar refractivity (Wildman–Crippen MR) is 54.5 cm³/mol. The smallest absolute Gasteiger partial charge is 0.0710 e. The van der Waals surface area contributed by atoms with Crippen molar-refractivity contribution in [1.29, 1.82) is 5.26 Å². The topological polar surface area (TPSA) is 23.8 Å². The fraction of sp³-hybridized carbons (Fsp3) is 0.364. The Bertz CT molecular complexity index is 297. The van der Waals surface area contributed by atoms with Crippen LogP contribution in [-0.4, -0.2) is 10.2 Å². The van der Waals surface area contributed by atoms with Gasteiger partial charge in [-0.05, 0) is 18.0 Å². The molecule has 1 nitrogen and oxygen atoms in total. The lowest BCUT2D eigenvalue weighted by Crippen LogP contribution is -1.94. The maximum Gasteiger partial charge on any atom is 0.0710 e. The first-order chi connectivity index (χ1) is 6.31. The van der Waals surface area contributed by atoms with Gasteiger partial charge in [-0.15, -0.1) is 0 Å². The first-order valence-electron chi connectivity index (χ1n) is 4.44. The Morgan fingerprint density at radius 1 is 1.38 bits per heavy atom. The summed E-state index contributed by atoms with van der Waals surface area (Å²) >= 11 is 0. The van der Waals surface area contributed by atoms with Crippen LogP contribution < -0.4 is 0 Å². The van der Waals surface area contributed by atoms with Gasteiger partial charge in [0.25, 0.3) is 0 Å². The van der Waals surface area contributed by atoms with Gasteiger partial charge in [-0.2, -0.15) is 5.26 Å². The fourth-order valence-corrected chi connectivity index (χ4v) is 1.51. The standard InChI is InChI=1S/C11H12NSi/c1-2-10(7-12)11-5-3-9(8-13)4-6-11/h3-6,10H,2,8H2,1H3. The number of nitrogens with zero attached hydrogens (tertiary/aromatic N) is 1. The van der Waals surface area contributed by atoms with Crippen molar-refractivity contribution >= 4 is 10.2 Å². The van der Waals surface area contributed by atoms with Crippen LogP contribution in [0.15, 0.2) is 24.3 Å². The largest absolute Gasteiger partial charge is 0.198 e. The van der Waals surface area contributed by atoms with Crippen LogP contribution in [0.4, 0.5) is 0 Å². The number of rotatable bonds is 3. The molecular weight excluding hydrogens is 174 g/mol. The molecule has 3 radical (unpaired) electrons. The van der Waals surface area contributed by atoms with Gasteiger partial charge in [0, 0.05) is 10.2 Å². The highest BCUT2D eigenvalue weighted by molar-refractivity contribution is 6.08. The van der Waals surface area contributed by atoms with Crippen molar-refractivity contribution < 1.29 is 0 Å².